The van der Waals surface area contributed by atoms with Gasteiger partial charge in [0.15, 0.2) is 0 Å². The van der Waals surface area contributed by atoms with Gasteiger partial charge >= 0.3 is 0 Å². The van der Waals surface area contributed by atoms with Gasteiger partial charge in [-0.1, -0.05) is 25.3 Å². The Bertz CT molecular complexity index is 670. The van der Waals surface area contributed by atoms with Gasteiger partial charge in [-0.05, 0) is 37.1 Å². The van der Waals surface area contributed by atoms with Crippen LogP contribution in [0.15, 0.2) is 21.7 Å². The number of carbonyl (C=O) groups is 1. The molecule has 1 aromatic heterocycles. The van der Waals surface area contributed by atoms with Gasteiger partial charge in [-0.25, -0.2) is 8.42 Å². The molecule has 0 aromatic carbocycles. The third-order valence-electron chi connectivity index (χ3n) is 5.15. The number of sulfonamides is 1. The number of hydrogen-bond acceptors (Lipinski definition) is 5. The second kappa shape index (κ2) is 9.57. The summed E-state index contributed by atoms with van der Waals surface area (Å²) in [4.78, 5) is 12.5. The van der Waals surface area contributed by atoms with Crippen LogP contribution in [0.3, 0.4) is 0 Å². The Hall–Kier alpha value is -0.570. The van der Waals surface area contributed by atoms with Gasteiger partial charge in [0.1, 0.15) is 4.21 Å². The van der Waals surface area contributed by atoms with E-state index in [0.29, 0.717) is 23.8 Å². The highest BCUT2D eigenvalue weighted by Crippen LogP contribution is 2.28. The summed E-state index contributed by atoms with van der Waals surface area (Å²) in [6.45, 7) is 1.47. The van der Waals surface area contributed by atoms with Gasteiger partial charge in [0, 0.05) is 30.6 Å². The van der Waals surface area contributed by atoms with Crippen molar-refractivity contribution in [1.29, 1.82) is 0 Å². The van der Waals surface area contributed by atoms with Crippen LogP contribution in [0.4, 0.5) is 0 Å². The molecule has 0 unspecified atom stereocenters. The van der Waals surface area contributed by atoms with Crippen LogP contribution < -0.4 is 5.32 Å². The minimum absolute atomic E-state index is 0.000300. The second-order valence-electron chi connectivity index (χ2n) is 7.06. The lowest BCUT2D eigenvalue weighted by molar-refractivity contribution is -0.125. The number of nitrogens with zero attached hydrogens (tertiary/aromatic N) is 1. The van der Waals surface area contributed by atoms with Crippen LogP contribution in [0.2, 0.25) is 0 Å². The molecule has 26 heavy (non-hydrogen) atoms. The Morgan fingerprint density at radius 1 is 1.23 bits per heavy atom. The summed E-state index contributed by atoms with van der Waals surface area (Å²) in [5.41, 5.74) is 0. The SMILES string of the molecule is O=C(NCCSC1CCCCC1)[C@@H]1CCCN(S(=O)(=O)c2cccs2)C1. The van der Waals surface area contributed by atoms with E-state index in [0.717, 1.165) is 23.8 Å². The van der Waals surface area contributed by atoms with E-state index < -0.39 is 10.0 Å². The Kier molecular flexibility index (Phi) is 7.43. The van der Waals surface area contributed by atoms with Gasteiger partial charge in [-0.15, -0.1) is 11.3 Å². The van der Waals surface area contributed by atoms with E-state index in [2.05, 4.69) is 5.32 Å². The zero-order valence-electron chi connectivity index (χ0n) is 15.1. The van der Waals surface area contributed by atoms with E-state index in [4.69, 9.17) is 0 Å². The topological polar surface area (TPSA) is 66.5 Å². The van der Waals surface area contributed by atoms with Crippen molar-refractivity contribution in [3.05, 3.63) is 17.5 Å². The van der Waals surface area contributed by atoms with Crippen LogP contribution in [-0.4, -0.2) is 49.3 Å². The van der Waals surface area contributed by atoms with Crippen molar-refractivity contribution in [1.82, 2.24) is 9.62 Å². The lowest BCUT2D eigenvalue weighted by Gasteiger charge is -2.30. The maximum atomic E-state index is 12.7. The summed E-state index contributed by atoms with van der Waals surface area (Å²) in [6.07, 6.45) is 8.13. The first-order chi connectivity index (χ1) is 12.6. The van der Waals surface area contributed by atoms with Crippen molar-refractivity contribution in [2.45, 2.75) is 54.4 Å². The van der Waals surface area contributed by atoms with Crippen molar-refractivity contribution in [2.24, 2.45) is 5.92 Å². The highest BCUT2D eigenvalue weighted by Gasteiger charge is 2.33. The van der Waals surface area contributed by atoms with E-state index >= 15 is 0 Å². The molecule has 1 saturated heterocycles. The van der Waals surface area contributed by atoms with Crippen LogP contribution in [-0.2, 0) is 14.8 Å². The molecular formula is C18H28N2O3S3. The summed E-state index contributed by atoms with van der Waals surface area (Å²) in [5, 5.41) is 5.54. The monoisotopic (exact) mass is 416 g/mol. The number of amides is 1. The average Bonchev–Trinajstić information content (AvgIpc) is 3.22. The molecule has 2 fully saturated rings. The fourth-order valence-electron chi connectivity index (χ4n) is 3.69. The zero-order chi connectivity index (χ0) is 18.4. The molecule has 0 bridgehead atoms. The summed E-state index contributed by atoms with van der Waals surface area (Å²) < 4.78 is 27.1. The number of piperidine rings is 1. The molecule has 1 aromatic rings. The molecule has 8 heteroatoms. The standard InChI is InChI=1S/C18H28N2O3S3/c21-18(19-10-13-24-16-7-2-1-3-8-16)15-6-4-11-20(14-15)26(22,23)17-9-5-12-25-17/h5,9,12,15-16H,1-4,6-8,10-11,13-14H2,(H,19,21)/t15-/m1/s1. The first-order valence-electron chi connectivity index (χ1n) is 9.50. The second-order valence-corrected chi connectivity index (χ2v) is 11.6. The van der Waals surface area contributed by atoms with Gasteiger partial charge in [-0.2, -0.15) is 16.1 Å². The van der Waals surface area contributed by atoms with Gasteiger partial charge in [-0.3, -0.25) is 4.79 Å². The van der Waals surface area contributed by atoms with Crippen molar-refractivity contribution < 1.29 is 13.2 Å². The molecule has 1 atom stereocenters. The molecule has 0 radical (unpaired) electrons. The Labute approximate surface area is 165 Å². The molecule has 1 amide bonds. The van der Waals surface area contributed by atoms with E-state index in [-0.39, 0.29) is 11.8 Å². The molecule has 3 rings (SSSR count). The van der Waals surface area contributed by atoms with Crippen LogP contribution in [0.1, 0.15) is 44.9 Å². The van der Waals surface area contributed by atoms with Gasteiger partial charge < -0.3 is 5.32 Å². The third-order valence-corrected chi connectivity index (χ3v) is 9.77. The molecule has 0 spiro atoms. The fraction of sp³-hybridized carbons (Fsp3) is 0.722. The fourth-order valence-corrected chi connectivity index (χ4v) is 7.58. The number of carbonyl (C=O) groups excluding carboxylic acids is 1. The van der Waals surface area contributed by atoms with Crippen molar-refractivity contribution in [2.75, 3.05) is 25.4 Å². The molecule has 1 saturated carbocycles. The molecule has 1 aliphatic heterocycles. The van der Waals surface area contributed by atoms with E-state index in [1.807, 2.05) is 11.8 Å². The van der Waals surface area contributed by atoms with Gasteiger partial charge in [0.25, 0.3) is 10.0 Å². The molecule has 146 valence electrons. The average molecular weight is 417 g/mol. The highest BCUT2D eigenvalue weighted by molar-refractivity contribution is 7.99. The first kappa shape index (κ1) is 20.2. The quantitative estimate of drug-likeness (QED) is 0.693. The Balaban J connectivity index is 1.44. The Morgan fingerprint density at radius 2 is 2.04 bits per heavy atom. The smallest absolute Gasteiger partial charge is 0.252 e. The van der Waals surface area contributed by atoms with E-state index in [1.54, 1.807) is 17.5 Å². The van der Waals surface area contributed by atoms with Crippen molar-refractivity contribution >= 4 is 39.0 Å². The molecule has 5 nitrogen and oxygen atoms in total. The first-order valence-corrected chi connectivity index (χ1v) is 12.9. The van der Waals surface area contributed by atoms with E-state index in [1.165, 1.54) is 47.7 Å². The van der Waals surface area contributed by atoms with Gasteiger partial charge in [0.05, 0.1) is 5.92 Å². The number of thioether (sulfide) groups is 1. The summed E-state index contributed by atoms with van der Waals surface area (Å²) in [6, 6.07) is 3.38. The zero-order valence-corrected chi connectivity index (χ0v) is 17.5. The normalized spacial score (nSPS) is 23.0. The Morgan fingerprint density at radius 3 is 2.77 bits per heavy atom. The largest absolute Gasteiger partial charge is 0.355 e. The number of thiophene rings is 1. The molecule has 2 heterocycles. The van der Waals surface area contributed by atoms with Crippen LogP contribution in [0.25, 0.3) is 0 Å². The van der Waals surface area contributed by atoms with Gasteiger partial charge in [0.2, 0.25) is 5.91 Å². The highest BCUT2D eigenvalue weighted by atomic mass is 32.2. The predicted molar refractivity (Wildman–Crippen MR) is 108 cm³/mol. The number of rotatable bonds is 7. The maximum absolute atomic E-state index is 12.7. The van der Waals surface area contributed by atoms with E-state index in [9.17, 15) is 13.2 Å². The number of nitrogens with one attached hydrogen (secondary N) is 1. The van der Waals surface area contributed by atoms with Crippen molar-refractivity contribution in [3.8, 4) is 0 Å². The molecule has 1 aliphatic carbocycles. The van der Waals surface area contributed by atoms with Crippen LogP contribution in [0.5, 0.6) is 0 Å². The number of hydrogen-bond donors (Lipinski definition) is 1. The minimum atomic E-state index is -3.46. The maximum Gasteiger partial charge on any atom is 0.252 e. The lowest BCUT2D eigenvalue weighted by atomic mass is 9.99. The minimum Gasteiger partial charge on any atom is -0.355 e. The summed E-state index contributed by atoms with van der Waals surface area (Å²) in [7, 11) is -3.46. The molecular weight excluding hydrogens is 388 g/mol. The van der Waals surface area contributed by atoms with Crippen molar-refractivity contribution in [3.63, 3.8) is 0 Å². The summed E-state index contributed by atoms with van der Waals surface area (Å²) >= 11 is 3.20. The summed E-state index contributed by atoms with van der Waals surface area (Å²) in [5.74, 6) is 0.707. The third kappa shape index (κ3) is 5.24. The van der Waals surface area contributed by atoms with Crippen LogP contribution >= 0.6 is 23.1 Å². The van der Waals surface area contributed by atoms with Crippen LogP contribution in [0, 0.1) is 5.92 Å². The molecule has 2 aliphatic rings. The molecule has 1 N–H and O–H groups in total. The predicted octanol–water partition coefficient (Wildman–Crippen LogP) is 3.33. The lowest BCUT2D eigenvalue weighted by Crippen LogP contribution is -2.45.